The maximum atomic E-state index is 9.55. The zero-order valence-electron chi connectivity index (χ0n) is 16.5. The van der Waals surface area contributed by atoms with Gasteiger partial charge in [-0.05, 0) is 43.5 Å². The van der Waals surface area contributed by atoms with E-state index in [0.29, 0.717) is 24.1 Å². The van der Waals surface area contributed by atoms with Crippen LogP contribution in [0.4, 0.5) is 0 Å². The van der Waals surface area contributed by atoms with Gasteiger partial charge in [-0.25, -0.2) is 9.59 Å². The quantitative estimate of drug-likeness (QED) is 0.616. The first-order valence-electron chi connectivity index (χ1n) is 9.40. The molecule has 0 bridgehead atoms. The Morgan fingerprint density at radius 2 is 1.79 bits per heavy atom. The smallest absolute Gasteiger partial charge is 0.328 e. The van der Waals surface area contributed by atoms with Crippen LogP contribution in [0.5, 0.6) is 0 Å². The van der Waals surface area contributed by atoms with Crippen molar-refractivity contribution < 1.29 is 19.8 Å². The minimum absolute atomic E-state index is 0.558. The lowest BCUT2D eigenvalue weighted by atomic mass is 10.0. The molecule has 0 radical (unpaired) electrons. The Balaban J connectivity index is 0.000000416. The summed E-state index contributed by atoms with van der Waals surface area (Å²) in [5.41, 5.74) is 1.98. The van der Waals surface area contributed by atoms with Crippen molar-refractivity contribution in [3.8, 4) is 6.07 Å². The molecule has 0 aliphatic carbocycles. The van der Waals surface area contributed by atoms with E-state index >= 15 is 0 Å². The highest BCUT2D eigenvalue weighted by Gasteiger charge is 2.22. The van der Waals surface area contributed by atoms with Crippen LogP contribution in [-0.2, 0) is 16.1 Å². The van der Waals surface area contributed by atoms with Crippen molar-refractivity contribution in [1.82, 2.24) is 10.2 Å². The summed E-state index contributed by atoms with van der Waals surface area (Å²) < 4.78 is 0. The van der Waals surface area contributed by atoms with E-state index in [1.807, 2.05) is 18.2 Å². The van der Waals surface area contributed by atoms with Crippen molar-refractivity contribution in [3.63, 3.8) is 0 Å². The Kier molecular flexibility index (Phi) is 10.6. The molecule has 3 N–H and O–H groups in total. The fraction of sp³-hybridized carbons (Fsp3) is 0.476. The molecule has 7 heteroatoms. The van der Waals surface area contributed by atoms with Crippen LogP contribution in [0, 0.1) is 17.2 Å². The molecule has 0 aromatic heterocycles. The number of nitrogens with zero attached hydrogens (tertiary/aromatic N) is 2. The summed E-state index contributed by atoms with van der Waals surface area (Å²) in [6.45, 7) is 8.75. The normalized spacial score (nSPS) is 14.5. The van der Waals surface area contributed by atoms with Gasteiger partial charge in [0.15, 0.2) is 0 Å². The summed E-state index contributed by atoms with van der Waals surface area (Å²) in [7, 11) is 0. The second-order valence-corrected chi connectivity index (χ2v) is 7.08. The SMILES string of the molecule is CC(C)CN(Cc1ccccc1C#N)C1CCNCC1.O=C(O)C=CC(=O)O. The molecule has 1 heterocycles. The van der Waals surface area contributed by atoms with E-state index in [0.717, 1.165) is 37.3 Å². The number of hydrogen-bond acceptors (Lipinski definition) is 5. The molecule has 0 saturated carbocycles. The molecule has 1 fully saturated rings. The van der Waals surface area contributed by atoms with E-state index in [2.05, 4.69) is 36.2 Å². The first kappa shape index (κ1) is 23.3. The maximum absolute atomic E-state index is 9.55. The summed E-state index contributed by atoms with van der Waals surface area (Å²) in [6.07, 6.45) is 3.54. The molecule has 0 atom stereocenters. The Bertz CT molecular complexity index is 688. The highest BCUT2D eigenvalue weighted by atomic mass is 16.4. The second kappa shape index (κ2) is 12.7. The number of carboxylic acids is 2. The lowest BCUT2D eigenvalue weighted by Gasteiger charge is -2.36. The van der Waals surface area contributed by atoms with E-state index in [1.165, 1.54) is 12.8 Å². The fourth-order valence-electron chi connectivity index (χ4n) is 3.11. The zero-order chi connectivity index (χ0) is 20.9. The second-order valence-electron chi connectivity index (χ2n) is 7.08. The first-order chi connectivity index (χ1) is 13.3. The number of carboxylic acid groups (broad SMARTS) is 2. The van der Waals surface area contributed by atoms with Crippen LogP contribution in [0.3, 0.4) is 0 Å². The van der Waals surface area contributed by atoms with Gasteiger partial charge in [0.25, 0.3) is 0 Å². The van der Waals surface area contributed by atoms with Crippen molar-refractivity contribution in [1.29, 1.82) is 5.26 Å². The van der Waals surface area contributed by atoms with E-state index < -0.39 is 11.9 Å². The van der Waals surface area contributed by atoms with Crippen LogP contribution < -0.4 is 5.32 Å². The molecule has 152 valence electrons. The number of hydrogen-bond donors (Lipinski definition) is 3. The number of nitrogens with one attached hydrogen (secondary N) is 1. The molecular formula is C21H29N3O4. The Morgan fingerprint density at radius 1 is 1.21 bits per heavy atom. The molecule has 7 nitrogen and oxygen atoms in total. The number of rotatable bonds is 7. The van der Waals surface area contributed by atoms with E-state index in [-0.39, 0.29) is 0 Å². The molecule has 28 heavy (non-hydrogen) atoms. The lowest BCUT2D eigenvalue weighted by molar-refractivity contribution is -0.134. The van der Waals surface area contributed by atoms with Gasteiger partial charge in [-0.15, -0.1) is 0 Å². The minimum Gasteiger partial charge on any atom is -0.478 e. The van der Waals surface area contributed by atoms with Gasteiger partial charge in [0.2, 0.25) is 0 Å². The molecule has 2 rings (SSSR count). The molecule has 1 aromatic rings. The third kappa shape index (κ3) is 9.31. The maximum Gasteiger partial charge on any atom is 0.328 e. The summed E-state index contributed by atoms with van der Waals surface area (Å²) in [5.74, 6) is -1.86. The van der Waals surface area contributed by atoms with Crippen molar-refractivity contribution in [2.24, 2.45) is 5.92 Å². The Labute approximate surface area is 166 Å². The third-order valence-electron chi connectivity index (χ3n) is 4.30. The largest absolute Gasteiger partial charge is 0.478 e. The van der Waals surface area contributed by atoms with Gasteiger partial charge in [-0.3, -0.25) is 4.90 Å². The number of carbonyl (C=O) groups is 2. The van der Waals surface area contributed by atoms with Crippen LogP contribution in [0.1, 0.15) is 37.8 Å². The average molecular weight is 387 g/mol. The van der Waals surface area contributed by atoms with Gasteiger partial charge in [0.05, 0.1) is 11.6 Å². The van der Waals surface area contributed by atoms with Crippen LogP contribution in [0.2, 0.25) is 0 Å². The van der Waals surface area contributed by atoms with Gasteiger partial charge in [0, 0.05) is 31.3 Å². The van der Waals surface area contributed by atoms with Gasteiger partial charge in [-0.1, -0.05) is 32.0 Å². The van der Waals surface area contributed by atoms with Crippen LogP contribution in [0.25, 0.3) is 0 Å². The van der Waals surface area contributed by atoms with Crippen LogP contribution in [-0.4, -0.2) is 52.7 Å². The van der Waals surface area contributed by atoms with Crippen molar-refractivity contribution in [2.75, 3.05) is 19.6 Å². The van der Waals surface area contributed by atoms with E-state index in [9.17, 15) is 14.9 Å². The lowest BCUT2D eigenvalue weighted by Crippen LogP contribution is -2.44. The zero-order valence-corrected chi connectivity index (χ0v) is 16.5. The number of piperidine rings is 1. The molecule has 1 saturated heterocycles. The summed E-state index contributed by atoms with van der Waals surface area (Å²) >= 11 is 0. The molecule has 1 aliphatic rings. The van der Waals surface area contributed by atoms with Crippen LogP contribution in [0.15, 0.2) is 36.4 Å². The summed E-state index contributed by atoms with van der Waals surface area (Å²) in [4.78, 5) is 21.7. The Morgan fingerprint density at radius 3 is 2.29 bits per heavy atom. The van der Waals surface area contributed by atoms with Gasteiger partial charge >= 0.3 is 11.9 Å². The molecular weight excluding hydrogens is 358 g/mol. The van der Waals surface area contributed by atoms with E-state index in [1.54, 1.807) is 0 Å². The fourth-order valence-corrected chi connectivity index (χ4v) is 3.11. The van der Waals surface area contributed by atoms with Gasteiger partial charge < -0.3 is 15.5 Å². The molecule has 0 amide bonds. The van der Waals surface area contributed by atoms with Crippen molar-refractivity contribution in [3.05, 3.63) is 47.5 Å². The van der Waals surface area contributed by atoms with E-state index in [4.69, 9.17) is 10.2 Å². The molecule has 0 unspecified atom stereocenters. The van der Waals surface area contributed by atoms with Gasteiger partial charge in [0.1, 0.15) is 0 Å². The summed E-state index contributed by atoms with van der Waals surface area (Å²) in [5, 5.41) is 28.3. The minimum atomic E-state index is -1.26. The third-order valence-corrected chi connectivity index (χ3v) is 4.30. The predicted octanol–water partition coefficient (Wildman–Crippen LogP) is 2.48. The number of aliphatic carboxylic acids is 2. The monoisotopic (exact) mass is 387 g/mol. The van der Waals surface area contributed by atoms with Crippen molar-refractivity contribution >= 4 is 11.9 Å². The summed E-state index contributed by atoms with van der Waals surface area (Å²) in [6, 6.07) is 11.0. The standard InChI is InChI=1S/C17H25N3.C4H4O4/c1-14(2)12-20(17-7-9-19-10-8-17)13-16-6-4-3-5-15(16)11-18;5-3(6)1-2-4(7)8/h3-6,14,17,19H,7-10,12-13H2,1-2H3;1-2H,(H,5,6)(H,7,8). The topological polar surface area (TPSA) is 114 Å². The first-order valence-corrected chi connectivity index (χ1v) is 9.40. The molecule has 1 aromatic carbocycles. The number of benzene rings is 1. The molecule has 1 aliphatic heterocycles. The van der Waals surface area contributed by atoms with Gasteiger partial charge in [-0.2, -0.15) is 5.26 Å². The van der Waals surface area contributed by atoms with Crippen molar-refractivity contribution in [2.45, 2.75) is 39.3 Å². The Hall–Kier alpha value is -2.69. The molecule has 0 spiro atoms. The van der Waals surface area contributed by atoms with Crippen LogP contribution >= 0.6 is 0 Å². The average Bonchev–Trinajstić information content (AvgIpc) is 2.67. The number of nitriles is 1. The highest BCUT2D eigenvalue weighted by Crippen LogP contribution is 2.19. The highest BCUT2D eigenvalue weighted by molar-refractivity contribution is 5.89. The predicted molar refractivity (Wildman–Crippen MR) is 107 cm³/mol.